The number of alkyl halides is 3. The van der Waals surface area contributed by atoms with E-state index in [1.807, 2.05) is 0 Å². The topological polar surface area (TPSA) is 49.5 Å². The Morgan fingerprint density at radius 1 is 1.26 bits per heavy atom. The van der Waals surface area contributed by atoms with E-state index in [-0.39, 0.29) is 18.6 Å². The number of nitrogens with two attached hydrogens (primary N) is 1. The fourth-order valence-electron chi connectivity index (χ4n) is 3.19. The predicted octanol–water partition coefficient (Wildman–Crippen LogP) is 1.89. The van der Waals surface area contributed by atoms with E-state index in [1.165, 1.54) is 4.90 Å². The maximum atomic E-state index is 12.5. The largest absolute Gasteiger partial charge is 0.401 e. The number of aliphatic hydroxyl groups excluding tert-OH is 1. The Balaban J connectivity index is 1.85. The standard InChI is InChI=1S/C13H23F3N2O/c14-13(15,16)8-18(11-3-4-11)7-5-10-2-1-6-12(10,17)9-19/h10-11,19H,1-9,17H2. The van der Waals surface area contributed by atoms with Crippen LogP contribution in [0.4, 0.5) is 13.2 Å². The van der Waals surface area contributed by atoms with Crippen molar-refractivity contribution in [3.05, 3.63) is 0 Å². The summed E-state index contributed by atoms with van der Waals surface area (Å²) in [6.07, 6.45) is 0.921. The zero-order valence-electron chi connectivity index (χ0n) is 11.1. The van der Waals surface area contributed by atoms with Crippen LogP contribution < -0.4 is 5.73 Å². The van der Waals surface area contributed by atoms with Crippen molar-refractivity contribution in [1.29, 1.82) is 0 Å². The number of rotatable bonds is 6. The van der Waals surface area contributed by atoms with Gasteiger partial charge in [0, 0.05) is 11.6 Å². The number of halogens is 3. The molecule has 2 rings (SSSR count). The first kappa shape index (κ1) is 15.1. The van der Waals surface area contributed by atoms with Gasteiger partial charge in [0.15, 0.2) is 0 Å². The predicted molar refractivity (Wildman–Crippen MR) is 66.6 cm³/mol. The number of aliphatic hydroxyl groups is 1. The fraction of sp³-hybridized carbons (Fsp3) is 1.00. The van der Waals surface area contributed by atoms with Crippen molar-refractivity contribution in [2.24, 2.45) is 11.7 Å². The van der Waals surface area contributed by atoms with Gasteiger partial charge in [0.25, 0.3) is 0 Å². The molecule has 2 atom stereocenters. The Bertz CT molecular complexity index is 307. The van der Waals surface area contributed by atoms with Crippen LogP contribution in [0.1, 0.15) is 38.5 Å². The molecular weight excluding hydrogens is 257 g/mol. The first-order valence-electron chi connectivity index (χ1n) is 7.04. The summed E-state index contributed by atoms with van der Waals surface area (Å²) >= 11 is 0. The molecule has 0 heterocycles. The van der Waals surface area contributed by atoms with Crippen LogP contribution in [0.25, 0.3) is 0 Å². The second-order valence-corrected chi connectivity index (χ2v) is 6.09. The van der Waals surface area contributed by atoms with Gasteiger partial charge in [-0.2, -0.15) is 13.2 Å². The molecule has 19 heavy (non-hydrogen) atoms. The Hall–Kier alpha value is -0.330. The Labute approximate surface area is 111 Å². The summed E-state index contributed by atoms with van der Waals surface area (Å²) < 4.78 is 37.5. The zero-order chi connectivity index (χ0) is 14.1. The first-order valence-corrected chi connectivity index (χ1v) is 7.04. The van der Waals surface area contributed by atoms with Crippen LogP contribution in [-0.2, 0) is 0 Å². The van der Waals surface area contributed by atoms with Crippen LogP contribution in [-0.4, -0.2) is 47.5 Å². The molecule has 0 bridgehead atoms. The van der Waals surface area contributed by atoms with Gasteiger partial charge in [0.2, 0.25) is 0 Å². The van der Waals surface area contributed by atoms with Crippen LogP contribution in [0.3, 0.4) is 0 Å². The first-order chi connectivity index (χ1) is 8.84. The van der Waals surface area contributed by atoms with Crippen LogP contribution >= 0.6 is 0 Å². The van der Waals surface area contributed by atoms with Crippen LogP contribution in [0.2, 0.25) is 0 Å². The monoisotopic (exact) mass is 280 g/mol. The van der Waals surface area contributed by atoms with E-state index >= 15 is 0 Å². The Morgan fingerprint density at radius 2 is 1.95 bits per heavy atom. The third-order valence-electron chi connectivity index (χ3n) is 4.51. The third kappa shape index (κ3) is 4.07. The van der Waals surface area contributed by atoms with Crippen molar-refractivity contribution in [2.45, 2.75) is 56.3 Å². The van der Waals surface area contributed by atoms with E-state index in [0.717, 1.165) is 32.1 Å². The summed E-state index contributed by atoms with van der Waals surface area (Å²) in [6, 6.07) is 0.101. The van der Waals surface area contributed by atoms with Crippen LogP contribution in [0.5, 0.6) is 0 Å². The highest BCUT2D eigenvalue weighted by Gasteiger charge is 2.41. The molecule has 0 radical (unpaired) electrons. The highest BCUT2D eigenvalue weighted by Crippen LogP contribution is 2.37. The van der Waals surface area contributed by atoms with Gasteiger partial charge in [-0.05, 0) is 44.6 Å². The molecule has 2 fully saturated rings. The molecule has 2 saturated carbocycles. The van der Waals surface area contributed by atoms with Gasteiger partial charge in [-0.15, -0.1) is 0 Å². The highest BCUT2D eigenvalue weighted by atomic mass is 19.4. The van der Waals surface area contributed by atoms with Gasteiger partial charge >= 0.3 is 6.18 Å². The summed E-state index contributed by atoms with van der Waals surface area (Å²) in [5.41, 5.74) is 5.54. The van der Waals surface area contributed by atoms with Crippen molar-refractivity contribution in [3.63, 3.8) is 0 Å². The second kappa shape index (κ2) is 5.58. The number of hydrogen-bond acceptors (Lipinski definition) is 3. The maximum Gasteiger partial charge on any atom is 0.401 e. The molecule has 6 heteroatoms. The summed E-state index contributed by atoms with van der Waals surface area (Å²) in [5, 5.41) is 9.35. The molecular formula is C13H23F3N2O. The lowest BCUT2D eigenvalue weighted by Gasteiger charge is -2.32. The average Bonchev–Trinajstić information content (AvgIpc) is 3.08. The minimum absolute atomic E-state index is 0.0691. The van der Waals surface area contributed by atoms with E-state index in [9.17, 15) is 18.3 Å². The van der Waals surface area contributed by atoms with Crippen molar-refractivity contribution < 1.29 is 18.3 Å². The van der Waals surface area contributed by atoms with Crippen molar-refractivity contribution in [3.8, 4) is 0 Å². The molecule has 0 spiro atoms. The molecule has 2 aliphatic carbocycles. The third-order valence-corrected chi connectivity index (χ3v) is 4.51. The van der Waals surface area contributed by atoms with E-state index in [1.54, 1.807) is 0 Å². The lowest BCUT2D eigenvalue weighted by Crippen LogP contribution is -2.48. The summed E-state index contributed by atoms with van der Waals surface area (Å²) in [6.45, 7) is -0.449. The molecule has 2 aliphatic rings. The number of hydrogen-bond donors (Lipinski definition) is 2. The molecule has 3 nitrogen and oxygen atoms in total. The molecule has 0 aromatic carbocycles. The minimum atomic E-state index is -4.13. The van der Waals surface area contributed by atoms with Crippen molar-refractivity contribution in [2.75, 3.05) is 19.7 Å². The van der Waals surface area contributed by atoms with Gasteiger partial charge in [-0.1, -0.05) is 6.42 Å². The average molecular weight is 280 g/mol. The number of nitrogens with zero attached hydrogens (tertiary/aromatic N) is 1. The van der Waals surface area contributed by atoms with E-state index in [4.69, 9.17) is 5.73 Å². The zero-order valence-corrected chi connectivity index (χ0v) is 11.1. The van der Waals surface area contributed by atoms with Gasteiger partial charge in [0.1, 0.15) is 0 Å². The van der Waals surface area contributed by atoms with E-state index in [0.29, 0.717) is 13.0 Å². The lowest BCUT2D eigenvalue weighted by atomic mass is 9.86. The normalized spacial score (nSPS) is 32.2. The molecule has 0 amide bonds. The molecule has 112 valence electrons. The van der Waals surface area contributed by atoms with Gasteiger partial charge in [0.05, 0.1) is 13.2 Å². The molecule has 2 unspecified atom stereocenters. The van der Waals surface area contributed by atoms with Crippen molar-refractivity contribution >= 4 is 0 Å². The quantitative estimate of drug-likeness (QED) is 0.781. The SMILES string of the molecule is NC1(CO)CCCC1CCN(CC(F)(F)F)C1CC1. The highest BCUT2D eigenvalue weighted by molar-refractivity contribution is 4.97. The van der Waals surface area contributed by atoms with Gasteiger partial charge in [-0.3, -0.25) is 4.90 Å². The summed E-state index contributed by atoms with van der Waals surface area (Å²) in [5.74, 6) is 0.145. The minimum Gasteiger partial charge on any atom is -0.394 e. The summed E-state index contributed by atoms with van der Waals surface area (Å²) in [7, 11) is 0. The smallest absolute Gasteiger partial charge is 0.394 e. The molecule has 3 N–H and O–H groups in total. The lowest BCUT2D eigenvalue weighted by molar-refractivity contribution is -0.147. The van der Waals surface area contributed by atoms with Crippen LogP contribution in [0, 0.1) is 5.92 Å². The second-order valence-electron chi connectivity index (χ2n) is 6.09. The van der Waals surface area contributed by atoms with Crippen LogP contribution in [0.15, 0.2) is 0 Å². The molecule has 0 aliphatic heterocycles. The van der Waals surface area contributed by atoms with E-state index < -0.39 is 18.3 Å². The van der Waals surface area contributed by atoms with Gasteiger partial charge < -0.3 is 10.8 Å². The molecule has 0 aromatic heterocycles. The Kier molecular flexibility index (Phi) is 4.42. The van der Waals surface area contributed by atoms with Gasteiger partial charge in [-0.25, -0.2) is 0 Å². The maximum absolute atomic E-state index is 12.5. The molecule has 0 aromatic rings. The summed E-state index contributed by atoms with van der Waals surface area (Å²) in [4.78, 5) is 1.54. The Morgan fingerprint density at radius 3 is 2.47 bits per heavy atom. The van der Waals surface area contributed by atoms with E-state index in [2.05, 4.69) is 0 Å². The van der Waals surface area contributed by atoms with Crippen molar-refractivity contribution in [1.82, 2.24) is 4.90 Å². The molecule has 0 saturated heterocycles. The fourth-order valence-corrected chi connectivity index (χ4v) is 3.19.